The highest BCUT2D eigenvalue weighted by atomic mass is 35.5. The van der Waals surface area contributed by atoms with Crippen LogP contribution in [0.15, 0.2) is 36.4 Å². The highest BCUT2D eigenvalue weighted by Gasteiger charge is 2.33. The average Bonchev–Trinajstić information content (AvgIpc) is 2.87. The van der Waals surface area contributed by atoms with Gasteiger partial charge in [0.1, 0.15) is 0 Å². The fraction of sp³-hybridized carbons (Fsp3) is 0.389. The summed E-state index contributed by atoms with van der Waals surface area (Å²) in [4.78, 5) is 14.7. The molecule has 2 aromatic rings. The number of carbonyl (C=O) groups excluding carboxylic acids is 1. The first-order valence-electron chi connectivity index (χ1n) is 7.96. The molecule has 1 aromatic carbocycles. The Morgan fingerprint density at radius 3 is 2.74 bits per heavy atom. The maximum atomic E-state index is 12.8. The smallest absolute Gasteiger partial charge is 0.322 e. The van der Waals surface area contributed by atoms with E-state index in [4.69, 9.17) is 11.6 Å². The van der Waals surface area contributed by atoms with Gasteiger partial charge in [0.15, 0.2) is 0 Å². The molecule has 0 spiro atoms. The van der Waals surface area contributed by atoms with E-state index in [2.05, 4.69) is 42.8 Å². The molecule has 1 N–H and O–H groups in total. The second kappa shape index (κ2) is 6.28. The molecule has 1 aliphatic heterocycles. The minimum Gasteiger partial charge on any atom is -0.345 e. The van der Waals surface area contributed by atoms with Crippen LogP contribution in [-0.4, -0.2) is 22.0 Å². The third kappa shape index (κ3) is 3.08. The summed E-state index contributed by atoms with van der Waals surface area (Å²) < 4.78 is 2.31. The third-order valence-electron chi connectivity index (χ3n) is 4.40. The molecule has 1 aromatic heterocycles. The van der Waals surface area contributed by atoms with Gasteiger partial charge in [-0.15, -0.1) is 0 Å². The maximum Gasteiger partial charge on any atom is 0.322 e. The molecule has 0 bridgehead atoms. The van der Waals surface area contributed by atoms with Crippen LogP contribution >= 0.6 is 11.6 Å². The van der Waals surface area contributed by atoms with Crippen molar-refractivity contribution in [3.8, 4) is 0 Å². The van der Waals surface area contributed by atoms with Gasteiger partial charge in [-0.3, -0.25) is 0 Å². The van der Waals surface area contributed by atoms with Gasteiger partial charge in [-0.2, -0.15) is 0 Å². The SMILES string of the molecule is Cc1ccc2n1CCN(C(=O)Nc1cccc(Cl)c1)C2C(C)C. The van der Waals surface area contributed by atoms with Gasteiger partial charge in [-0.05, 0) is 43.2 Å². The van der Waals surface area contributed by atoms with E-state index in [1.54, 1.807) is 12.1 Å². The first-order valence-corrected chi connectivity index (χ1v) is 8.34. The number of nitrogens with zero attached hydrogens (tertiary/aromatic N) is 2. The zero-order valence-electron chi connectivity index (χ0n) is 13.7. The number of carbonyl (C=O) groups is 1. The number of benzene rings is 1. The minimum absolute atomic E-state index is 0.0731. The zero-order chi connectivity index (χ0) is 16.6. The Hall–Kier alpha value is -1.94. The summed E-state index contributed by atoms with van der Waals surface area (Å²) in [5.74, 6) is 0.341. The Bertz CT molecular complexity index is 723. The maximum absolute atomic E-state index is 12.8. The van der Waals surface area contributed by atoms with Gasteiger partial charge in [0.25, 0.3) is 0 Å². The van der Waals surface area contributed by atoms with E-state index >= 15 is 0 Å². The average molecular weight is 332 g/mol. The highest BCUT2D eigenvalue weighted by Crippen LogP contribution is 2.34. The molecule has 1 unspecified atom stereocenters. The van der Waals surface area contributed by atoms with E-state index in [0.717, 1.165) is 12.2 Å². The molecule has 0 aliphatic carbocycles. The first kappa shape index (κ1) is 15.9. The second-order valence-electron chi connectivity index (χ2n) is 6.37. The van der Waals surface area contributed by atoms with Crippen LogP contribution in [0.4, 0.5) is 10.5 Å². The van der Waals surface area contributed by atoms with Crippen LogP contribution in [0, 0.1) is 12.8 Å². The first-order chi connectivity index (χ1) is 11.0. The predicted molar refractivity (Wildman–Crippen MR) is 93.9 cm³/mol. The second-order valence-corrected chi connectivity index (χ2v) is 6.81. The number of fused-ring (bicyclic) bond motifs is 1. The number of hydrogen-bond acceptors (Lipinski definition) is 1. The number of hydrogen-bond donors (Lipinski definition) is 1. The molecule has 0 fully saturated rings. The lowest BCUT2D eigenvalue weighted by atomic mass is 9.97. The molecule has 5 heteroatoms. The lowest BCUT2D eigenvalue weighted by Gasteiger charge is -2.39. The van der Waals surface area contributed by atoms with Crippen LogP contribution in [0.5, 0.6) is 0 Å². The van der Waals surface area contributed by atoms with Crippen LogP contribution in [0.25, 0.3) is 0 Å². The van der Waals surface area contributed by atoms with Crippen molar-refractivity contribution >= 4 is 23.3 Å². The van der Waals surface area contributed by atoms with Crippen molar-refractivity contribution in [1.29, 1.82) is 0 Å². The molecule has 1 aliphatic rings. The van der Waals surface area contributed by atoms with Gasteiger partial charge < -0.3 is 14.8 Å². The van der Waals surface area contributed by atoms with E-state index in [0.29, 0.717) is 17.5 Å². The number of halogens is 1. The quantitative estimate of drug-likeness (QED) is 0.851. The minimum atomic E-state index is -0.0731. The van der Waals surface area contributed by atoms with Crippen molar-refractivity contribution in [3.63, 3.8) is 0 Å². The number of aromatic nitrogens is 1. The Morgan fingerprint density at radius 1 is 1.26 bits per heavy atom. The molecule has 23 heavy (non-hydrogen) atoms. The molecule has 2 heterocycles. The Morgan fingerprint density at radius 2 is 2.04 bits per heavy atom. The van der Waals surface area contributed by atoms with E-state index < -0.39 is 0 Å². The van der Waals surface area contributed by atoms with E-state index in [1.165, 1.54) is 11.4 Å². The number of anilines is 1. The van der Waals surface area contributed by atoms with Gasteiger partial charge in [0, 0.05) is 35.2 Å². The van der Waals surface area contributed by atoms with Crippen LogP contribution in [0.1, 0.15) is 31.3 Å². The Kier molecular flexibility index (Phi) is 4.35. The zero-order valence-corrected chi connectivity index (χ0v) is 14.5. The van der Waals surface area contributed by atoms with Gasteiger partial charge in [-0.1, -0.05) is 31.5 Å². The molecule has 1 atom stereocenters. The molecular weight excluding hydrogens is 310 g/mol. The number of amides is 2. The Balaban J connectivity index is 1.85. The van der Waals surface area contributed by atoms with Crippen LogP contribution in [0.3, 0.4) is 0 Å². The molecule has 4 nitrogen and oxygen atoms in total. The number of nitrogens with one attached hydrogen (secondary N) is 1. The molecule has 0 saturated carbocycles. The summed E-state index contributed by atoms with van der Waals surface area (Å²) in [6, 6.07) is 11.5. The van der Waals surface area contributed by atoms with Gasteiger partial charge >= 0.3 is 6.03 Å². The number of rotatable bonds is 2. The molecule has 0 saturated heterocycles. The van der Waals surface area contributed by atoms with Crippen molar-refractivity contribution < 1.29 is 4.79 Å². The van der Waals surface area contributed by atoms with Crippen LogP contribution in [0.2, 0.25) is 5.02 Å². The summed E-state index contributed by atoms with van der Waals surface area (Å²) in [5.41, 5.74) is 3.19. The summed E-state index contributed by atoms with van der Waals surface area (Å²) in [6.07, 6.45) is 0. The molecule has 2 amide bonds. The topological polar surface area (TPSA) is 37.3 Å². The highest BCUT2D eigenvalue weighted by molar-refractivity contribution is 6.30. The van der Waals surface area contributed by atoms with E-state index in [9.17, 15) is 4.79 Å². The molecule has 3 rings (SSSR count). The van der Waals surface area contributed by atoms with Gasteiger partial charge in [-0.25, -0.2) is 4.79 Å². The van der Waals surface area contributed by atoms with Crippen molar-refractivity contribution in [2.45, 2.75) is 33.4 Å². The van der Waals surface area contributed by atoms with Crippen LogP contribution < -0.4 is 5.32 Å². The van der Waals surface area contributed by atoms with E-state index in [-0.39, 0.29) is 12.1 Å². The fourth-order valence-electron chi connectivity index (χ4n) is 3.35. The predicted octanol–water partition coefficient (Wildman–Crippen LogP) is 4.69. The monoisotopic (exact) mass is 331 g/mol. The summed E-state index contributed by atoms with van der Waals surface area (Å²) in [5, 5.41) is 3.59. The van der Waals surface area contributed by atoms with Gasteiger partial charge in [0.05, 0.1) is 6.04 Å². The summed E-state index contributed by atoms with van der Waals surface area (Å²) in [7, 11) is 0. The molecule has 122 valence electrons. The van der Waals surface area contributed by atoms with Gasteiger partial charge in [0.2, 0.25) is 0 Å². The van der Waals surface area contributed by atoms with Crippen molar-refractivity contribution in [2.75, 3.05) is 11.9 Å². The summed E-state index contributed by atoms with van der Waals surface area (Å²) in [6.45, 7) is 7.96. The van der Waals surface area contributed by atoms with Crippen molar-refractivity contribution in [3.05, 3.63) is 52.8 Å². The standard InChI is InChI=1S/C18H22ClN3O/c1-12(2)17-16-8-7-13(3)21(16)9-10-22(17)18(23)20-15-6-4-5-14(19)11-15/h4-8,11-12,17H,9-10H2,1-3H3,(H,20,23). The lowest BCUT2D eigenvalue weighted by Crippen LogP contribution is -2.46. The number of aryl methyl sites for hydroxylation is 1. The number of urea groups is 1. The fourth-order valence-corrected chi connectivity index (χ4v) is 3.54. The largest absolute Gasteiger partial charge is 0.345 e. The third-order valence-corrected chi connectivity index (χ3v) is 4.64. The lowest BCUT2D eigenvalue weighted by molar-refractivity contribution is 0.143. The molecule has 0 radical (unpaired) electrons. The van der Waals surface area contributed by atoms with Crippen molar-refractivity contribution in [1.82, 2.24) is 9.47 Å². The summed E-state index contributed by atoms with van der Waals surface area (Å²) >= 11 is 5.99. The molecular formula is C18H22ClN3O. The normalized spacial score (nSPS) is 17.3. The Labute approximate surface area is 142 Å². The van der Waals surface area contributed by atoms with Crippen LogP contribution in [-0.2, 0) is 6.54 Å². The van der Waals surface area contributed by atoms with Crippen molar-refractivity contribution in [2.24, 2.45) is 5.92 Å². The van der Waals surface area contributed by atoms with E-state index in [1.807, 2.05) is 17.0 Å².